The highest BCUT2D eigenvalue weighted by molar-refractivity contribution is 5.97. The van der Waals surface area contributed by atoms with Gasteiger partial charge in [0.2, 0.25) is 0 Å². The van der Waals surface area contributed by atoms with Gasteiger partial charge in [-0.15, -0.1) is 0 Å². The van der Waals surface area contributed by atoms with Crippen molar-refractivity contribution in [2.24, 2.45) is 5.92 Å². The number of carboxylic acid groups (broad SMARTS) is 1. The summed E-state index contributed by atoms with van der Waals surface area (Å²) in [4.78, 5) is 23.4. The second-order valence-corrected chi connectivity index (χ2v) is 4.86. The Labute approximate surface area is 122 Å². The van der Waals surface area contributed by atoms with Crippen molar-refractivity contribution >= 4 is 11.8 Å². The molecule has 0 aliphatic rings. The van der Waals surface area contributed by atoms with Gasteiger partial charge in [-0.25, -0.2) is 4.39 Å². The van der Waals surface area contributed by atoms with Gasteiger partial charge in [-0.1, -0.05) is 30.3 Å². The van der Waals surface area contributed by atoms with E-state index >= 15 is 0 Å². The molecule has 21 heavy (non-hydrogen) atoms. The van der Waals surface area contributed by atoms with Crippen LogP contribution in [-0.4, -0.2) is 16.9 Å². The minimum absolute atomic E-state index is 0.101. The summed E-state index contributed by atoms with van der Waals surface area (Å²) in [6.07, 6.45) is 0.193. The van der Waals surface area contributed by atoms with E-state index in [4.69, 9.17) is 0 Å². The molecule has 0 bridgehead atoms. The molecule has 2 aromatic rings. The van der Waals surface area contributed by atoms with E-state index in [2.05, 4.69) is 0 Å². The summed E-state index contributed by atoms with van der Waals surface area (Å²) < 4.78 is 12.8. The fraction of sp³-hybridized carbons (Fsp3) is 0.176. The Morgan fingerprint density at radius 1 is 1.00 bits per heavy atom. The number of rotatable bonds is 6. The minimum Gasteiger partial charge on any atom is -0.481 e. The maximum Gasteiger partial charge on any atom is 0.307 e. The standard InChI is InChI=1S/C17H15FO3/c18-15-8-6-13(7-9-15)16(19)11-14(17(20)21)10-12-4-2-1-3-5-12/h1-9,14H,10-11H2,(H,20,21)/t14-/m0/s1. The zero-order chi connectivity index (χ0) is 15.2. The normalized spacial score (nSPS) is 11.9. The van der Waals surface area contributed by atoms with Gasteiger partial charge in [0, 0.05) is 12.0 Å². The number of hydrogen-bond donors (Lipinski definition) is 1. The summed E-state index contributed by atoms with van der Waals surface area (Å²) in [6, 6.07) is 14.3. The molecule has 0 unspecified atom stereocenters. The highest BCUT2D eigenvalue weighted by Gasteiger charge is 2.22. The lowest BCUT2D eigenvalue weighted by molar-refractivity contribution is -0.141. The van der Waals surface area contributed by atoms with Crippen molar-refractivity contribution in [1.82, 2.24) is 0 Å². The van der Waals surface area contributed by atoms with E-state index in [9.17, 15) is 19.1 Å². The molecule has 0 heterocycles. The number of carbonyl (C=O) groups excluding carboxylic acids is 1. The lowest BCUT2D eigenvalue weighted by atomic mass is 9.92. The number of hydrogen-bond acceptors (Lipinski definition) is 2. The summed E-state index contributed by atoms with van der Waals surface area (Å²) >= 11 is 0. The Morgan fingerprint density at radius 2 is 1.62 bits per heavy atom. The van der Waals surface area contributed by atoms with Crippen LogP contribution in [0.1, 0.15) is 22.3 Å². The number of carboxylic acids is 1. The van der Waals surface area contributed by atoms with Crippen LogP contribution in [0.3, 0.4) is 0 Å². The predicted molar refractivity (Wildman–Crippen MR) is 76.6 cm³/mol. The molecule has 0 fully saturated rings. The molecular weight excluding hydrogens is 271 g/mol. The molecule has 108 valence electrons. The van der Waals surface area contributed by atoms with Gasteiger partial charge in [-0.3, -0.25) is 9.59 Å². The van der Waals surface area contributed by atoms with Gasteiger partial charge in [0.15, 0.2) is 5.78 Å². The molecule has 3 nitrogen and oxygen atoms in total. The Bertz CT molecular complexity index is 620. The van der Waals surface area contributed by atoms with Gasteiger partial charge in [0.1, 0.15) is 5.82 Å². The summed E-state index contributed by atoms with van der Waals surface area (Å²) in [6.45, 7) is 0. The molecule has 0 saturated carbocycles. The fourth-order valence-electron chi connectivity index (χ4n) is 2.12. The molecule has 1 N–H and O–H groups in total. The van der Waals surface area contributed by atoms with E-state index < -0.39 is 17.7 Å². The summed E-state index contributed by atoms with van der Waals surface area (Å²) in [5.74, 6) is -2.51. The highest BCUT2D eigenvalue weighted by Crippen LogP contribution is 2.16. The molecule has 0 spiro atoms. The van der Waals surface area contributed by atoms with Crippen molar-refractivity contribution in [2.75, 3.05) is 0 Å². The predicted octanol–water partition coefficient (Wildman–Crippen LogP) is 3.34. The number of halogens is 1. The van der Waals surface area contributed by atoms with Crippen LogP contribution >= 0.6 is 0 Å². The average molecular weight is 286 g/mol. The number of benzene rings is 2. The van der Waals surface area contributed by atoms with Crippen molar-refractivity contribution in [3.63, 3.8) is 0 Å². The molecule has 2 aromatic carbocycles. The maximum absolute atomic E-state index is 12.8. The Kier molecular flexibility index (Phi) is 4.82. The van der Waals surface area contributed by atoms with Crippen molar-refractivity contribution in [3.8, 4) is 0 Å². The fourth-order valence-corrected chi connectivity index (χ4v) is 2.12. The number of aliphatic carboxylic acids is 1. The second-order valence-electron chi connectivity index (χ2n) is 4.86. The molecule has 2 rings (SSSR count). The zero-order valence-electron chi connectivity index (χ0n) is 11.3. The first-order chi connectivity index (χ1) is 10.1. The van der Waals surface area contributed by atoms with E-state index in [1.165, 1.54) is 24.3 Å². The quantitative estimate of drug-likeness (QED) is 0.829. The molecule has 0 aromatic heterocycles. The molecular formula is C17H15FO3. The van der Waals surface area contributed by atoms with E-state index in [0.717, 1.165) is 5.56 Å². The van der Waals surface area contributed by atoms with E-state index in [0.29, 0.717) is 12.0 Å². The van der Waals surface area contributed by atoms with E-state index in [-0.39, 0.29) is 12.2 Å². The molecule has 0 radical (unpaired) electrons. The number of Topliss-reactive ketones (excluding diaryl/α,β-unsaturated/α-hetero) is 1. The van der Waals surface area contributed by atoms with Crippen LogP contribution in [0.5, 0.6) is 0 Å². The Morgan fingerprint density at radius 3 is 2.19 bits per heavy atom. The SMILES string of the molecule is O=C(C[C@H](Cc1ccccc1)C(=O)O)c1ccc(F)cc1. The highest BCUT2D eigenvalue weighted by atomic mass is 19.1. The van der Waals surface area contributed by atoms with Crippen molar-refractivity contribution < 1.29 is 19.1 Å². The first-order valence-electron chi connectivity index (χ1n) is 6.62. The lowest BCUT2D eigenvalue weighted by Gasteiger charge is -2.11. The van der Waals surface area contributed by atoms with Gasteiger partial charge < -0.3 is 5.11 Å². The van der Waals surface area contributed by atoms with Crippen molar-refractivity contribution in [3.05, 3.63) is 71.5 Å². The smallest absolute Gasteiger partial charge is 0.307 e. The van der Waals surface area contributed by atoms with Gasteiger partial charge in [0.25, 0.3) is 0 Å². The summed E-state index contributed by atoms with van der Waals surface area (Å²) in [7, 11) is 0. The lowest BCUT2D eigenvalue weighted by Crippen LogP contribution is -2.20. The Balaban J connectivity index is 2.07. The first-order valence-corrected chi connectivity index (χ1v) is 6.62. The van der Waals surface area contributed by atoms with Crippen LogP contribution < -0.4 is 0 Å². The zero-order valence-corrected chi connectivity index (χ0v) is 11.3. The van der Waals surface area contributed by atoms with Crippen LogP contribution in [0.2, 0.25) is 0 Å². The molecule has 1 atom stereocenters. The van der Waals surface area contributed by atoms with Crippen LogP contribution in [0.4, 0.5) is 4.39 Å². The molecule has 0 aliphatic carbocycles. The average Bonchev–Trinajstić information content (AvgIpc) is 2.48. The molecule has 0 amide bonds. The molecule has 0 saturated heterocycles. The number of carbonyl (C=O) groups is 2. The largest absolute Gasteiger partial charge is 0.481 e. The van der Waals surface area contributed by atoms with Crippen LogP contribution in [0.25, 0.3) is 0 Å². The summed E-state index contributed by atoms with van der Waals surface area (Å²) in [5.41, 5.74) is 1.20. The topological polar surface area (TPSA) is 54.4 Å². The van der Waals surface area contributed by atoms with Crippen LogP contribution in [-0.2, 0) is 11.2 Å². The number of ketones is 1. The Hall–Kier alpha value is -2.49. The second kappa shape index (κ2) is 6.79. The summed E-state index contributed by atoms with van der Waals surface area (Å²) in [5, 5.41) is 9.26. The van der Waals surface area contributed by atoms with E-state index in [1.54, 1.807) is 0 Å². The third-order valence-electron chi connectivity index (χ3n) is 3.27. The van der Waals surface area contributed by atoms with Crippen LogP contribution in [0, 0.1) is 11.7 Å². The maximum atomic E-state index is 12.8. The molecule has 4 heteroatoms. The van der Waals surface area contributed by atoms with Gasteiger partial charge in [-0.05, 0) is 36.2 Å². The third kappa shape index (κ3) is 4.24. The third-order valence-corrected chi connectivity index (χ3v) is 3.27. The van der Waals surface area contributed by atoms with Crippen molar-refractivity contribution in [1.29, 1.82) is 0 Å². The van der Waals surface area contributed by atoms with Gasteiger partial charge in [0.05, 0.1) is 5.92 Å². The van der Waals surface area contributed by atoms with E-state index in [1.807, 2.05) is 30.3 Å². The minimum atomic E-state index is -1.01. The van der Waals surface area contributed by atoms with Gasteiger partial charge >= 0.3 is 5.97 Å². The monoisotopic (exact) mass is 286 g/mol. The first kappa shape index (κ1) is 14.9. The molecule has 0 aliphatic heterocycles. The van der Waals surface area contributed by atoms with Crippen molar-refractivity contribution in [2.45, 2.75) is 12.8 Å². The van der Waals surface area contributed by atoms with Crippen LogP contribution in [0.15, 0.2) is 54.6 Å². The van der Waals surface area contributed by atoms with Gasteiger partial charge in [-0.2, -0.15) is 0 Å².